The number of alkyl halides is 3. The molecule has 0 saturated heterocycles. The number of hydrogen-bond donors (Lipinski definition) is 2. The van der Waals surface area contributed by atoms with Crippen LogP contribution in [0.5, 0.6) is 0 Å². The van der Waals surface area contributed by atoms with Crippen molar-refractivity contribution in [1.82, 2.24) is 5.32 Å². The average molecular weight is 272 g/mol. The molecule has 1 aromatic rings. The minimum Gasteiger partial charge on any atom is -0.345 e. The Kier molecular flexibility index (Phi) is 3.30. The topological polar surface area (TPSA) is 55.1 Å². The Labute approximate surface area is 109 Å². The van der Waals surface area contributed by atoms with E-state index in [-0.39, 0.29) is 5.91 Å². The van der Waals surface area contributed by atoms with Crippen LogP contribution >= 0.6 is 0 Å². The van der Waals surface area contributed by atoms with Gasteiger partial charge in [-0.15, -0.1) is 0 Å². The molecule has 0 radical (unpaired) electrons. The Morgan fingerprint density at radius 1 is 1.42 bits per heavy atom. The van der Waals surface area contributed by atoms with Crippen LogP contribution in [0.1, 0.15) is 30.9 Å². The molecule has 1 aromatic carbocycles. The van der Waals surface area contributed by atoms with Gasteiger partial charge in [0.1, 0.15) is 0 Å². The van der Waals surface area contributed by atoms with Crippen molar-refractivity contribution in [3.05, 3.63) is 35.4 Å². The van der Waals surface area contributed by atoms with Crippen LogP contribution in [0.4, 0.5) is 13.2 Å². The standard InChI is InChI=1S/C13H15F3N2O/c1-8(17)11(19)18-12(5-6-12)9-3-2-4-10(7-9)13(14,15)16/h2-4,7-8H,5-6,17H2,1H3,(H,18,19)/t8-/m1/s1. The maximum atomic E-state index is 12.7. The normalized spacial score (nSPS) is 18.8. The fourth-order valence-corrected chi connectivity index (χ4v) is 1.95. The maximum absolute atomic E-state index is 12.7. The second-order valence-corrected chi connectivity index (χ2v) is 4.94. The Bertz CT molecular complexity index is 493. The van der Waals surface area contributed by atoms with Crippen molar-refractivity contribution in [1.29, 1.82) is 0 Å². The number of carbonyl (C=O) groups is 1. The van der Waals surface area contributed by atoms with E-state index in [0.717, 1.165) is 12.1 Å². The summed E-state index contributed by atoms with van der Waals surface area (Å²) < 4.78 is 38.0. The summed E-state index contributed by atoms with van der Waals surface area (Å²) in [5.41, 5.74) is 4.56. The molecule has 0 aromatic heterocycles. The molecule has 1 amide bonds. The number of benzene rings is 1. The summed E-state index contributed by atoms with van der Waals surface area (Å²) in [5, 5.41) is 2.73. The number of rotatable bonds is 3. The van der Waals surface area contributed by atoms with Gasteiger partial charge in [0.15, 0.2) is 0 Å². The first-order valence-corrected chi connectivity index (χ1v) is 6.00. The van der Waals surface area contributed by atoms with Crippen molar-refractivity contribution in [2.75, 3.05) is 0 Å². The molecule has 1 fully saturated rings. The van der Waals surface area contributed by atoms with Crippen LogP contribution in [0.2, 0.25) is 0 Å². The predicted molar refractivity (Wildman–Crippen MR) is 64.1 cm³/mol. The summed E-state index contributed by atoms with van der Waals surface area (Å²) in [5.74, 6) is -0.352. The molecule has 1 atom stereocenters. The largest absolute Gasteiger partial charge is 0.416 e. The summed E-state index contributed by atoms with van der Waals surface area (Å²) in [4.78, 5) is 11.6. The quantitative estimate of drug-likeness (QED) is 0.886. The van der Waals surface area contributed by atoms with Gasteiger partial charge >= 0.3 is 6.18 Å². The molecular weight excluding hydrogens is 257 g/mol. The molecule has 0 heterocycles. The van der Waals surface area contributed by atoms with E-state index in [1.807, 2.05) is 0 Å². The van der Waals surface area contributed by atoms with Crippen molar-refractivity contribution in [2.45, 2.75) is 37.5 Å². The molecule has 6 heteroatoms. The zero-order valence-corrected chi connectivity index (χ0v) is 10.4. The summed E-state index contributed by atoms with van der Waals surface area (Å²) >= 11 is 0. The highest BCUT2D eigenvalue weighted by molar-refractivity contribution is 5.82. The molecule has 19 heavy (non-hydrogen) atoms. The summed E-state index contributed by atoms with van der Waals surface area (Å²) in [7, 11) is 0. The van der Waals surface area contributed by atoms with Crippen LogP contribution in [0.3, 0.4) is 0 Å². The van der Waals surface area contributed by atoms with Gasteiger partial charge in [-0.25, -0.2) is 0 Å². The van der Waals surface area contributed by atoms with Gasteiger partial charge in [-0.3, -0.25) is 4.79 Å². The highest BCUT2D eigenvalue weighted by Crippen LogP contribution is 2.46. The molecule has 2 rings (SSSR count). The van der Waals surface area contributed by atoms with Gasteiger partial charge in [-0.2, -0.15) is 13.2 Å². The van der Waals surface area contributed by atoms with Gasteiger partial charge < -0.3 is 11.1 Å². The summed E-state index contributed by atoms with van der Waals surface area (Å²) in [6, 6.07) is 4.39. The lowest BCUT2D eigenvalue weighted by Crippen LogP contribution is -2.44. The molecule has 3 N–H and O–H groups in total. The van der Waals surface area contributed by atoms with E-state index in [1.54, 1.807) is 6.07 Å². The molecule has 0 aliphatic heterocycles. The molecular formula is C13H15F3N2O. The summed E-state index contributed by atoms with van der Waals surface area (Å²) in [6.45, 7) is 1.54. The van der Waals surface area contributed by atoms with Crippen molar-refractivity contribution in [2.24, 2.45) is 5.73 Å². The zero-order chi connectivity index (χ0) is 14.3. The SMILES string of the molecule is C[C@@H](N)C(=O)NC1(c2cccc(C(F)(F)F)c2)CC1. The molecule has 0 bridgehead atoms. The summed E-state index contributed by atoms with van der Waals surface area (Å²) in [6.07, 6.45) is -3.11. The van der Waals surface area contributed by atoms with Crippen LogP contribution in [0, 0.1) is 0 Å². The van der Waals surface area contributed by atoms with E-state index in [9.17, 15) is 18.0 Å². The first-order valence-electron chi connectivity index (χ1n) is 6.00. The van der Waals surface area contributed by atoms with E-state index in [1.165, 1.54) is 13.0 Å². The smallest absolute Gasteiger partial charge is 0.345 e. The number of hydrogen-bond acceptors (Lipinski definition) is 2. The number of nitrogens with one attached hydrogen (secondary N) is 1. The minimum atomic E-state index is -4.38. The second-order valence-electron chi connectivity index (χ2n) is 4.94. The van der Waals surface area contributed by atoms with Gasteiger partial charge in [-0.1, -0.05) is 12.1 Å². The molecule has 3 nitrogen and oxygen atoms in total. The molecule has 1 aliphatic carbocycles. The van der Waals surface area contributed by atoms with Gasteiger partial charge in [0.05, 0.1) is 17.1 Å². The van der Waals surface area contributed by atoms with E-state index in [4.69, 9.17) is 5.73 Å². The number of halogens is 3. The lowest BCUT2D eigenvalue weighted by atomic mass is 10.0. The van der Waals surface area contributed by atoms with E-state index in [0.29, 0.717) is 18.4 Å². The van der Waals surface area contributed by atoms with Gasteiger partial charge in [0.25, 0.3) is 0 Å². The van der Waals surface area contributed by atoms with E-state index in [2.05, 4.69) is 5.32 Å². The van der Waals surface area contributed by atoms with Crippen LogP contribution in [0.15, 0.2) is 24.3 Å². The first-order chi connectivity index (χ1) is 8.74. The molecule has 0 spiro atoms. The maximum Gasteiger partial charge on any atom is 0.416 e. The number of amides is 1. The Morgan fingerprint density at radius 3 is 2.53 bits per heavy atom. The van der Waals surface area contributed by atoms with Crippen LogP contribution < -0.4 is 11.1 Å². The second kappa shape index (κ2) is 4.52. The van der Waals surface area contributed by atoms with E-state index >= 15 is 0 Å². The highest BCUT2D eigenvalue weighted by atomic mass is 19.4. The lowest BCUT2D eigenvalue weighted by molar-refractivity contribution is -0.137. The fourth-order valence-electron chi connectivity index (χ4n) is 1.95. The number of carbonyl (C=O) groups excluding carboxylic acids is 1. The van der Waals surface area contributed by atoms with Gasteiger partial charge in [0, 0.05) is 0 Å². The predicted octanol–water partition coefficient (Wildman–Crippen LogP) is 2.16. The van der Waals surface area contributed by atoms with Crippen molar-refractivity contribution >= 4 is 5.91 Å². The third kappa shape index (κ3) is 2.89. The van der Waals surface area contributed by atoms with Gasteiger partial charge in [0.2, 0.25) is 5.91 Å². The average Bonchev–Trinajstić information content (AvgIpc) is 3.09. The zero-order valence-electron chi connectivity index (χ0n) is 10.4. The van der Waals surface area contributed by atoms with Crippen LogP contribution in [-0.4, -0.2) is 11.9 Å². The molecule has 1 aliphatic rings. The lowest BCUT2D eigenvalue weighted by Gasteiger charge is -2.20. The van der Waals surface area contributed by atoms with Crippen molar-refractivity contribution in [3.8, 4) is 0 Å². The molecule has 104 valence electrons. The Hall–Kier alpha value is -1.56. The fraction of sp³-hybridized carbons (Fsp3) is 0.462. The number of nitrogens with two attached hydrogens (primary N) is 1. The highest BCUT2D eigenvalue weighted by Gasteiger charge is 2.46. The van der Waals surface area contributed by atoms with Crippen LogP contribution in [-0.2, 0) is 16.5 Å². The van der Waals surface area contributed by atoms with Gasteiger partial charge in [-0.05, 0) is 37.5 Å². The third-order valence-corrected chi connectivity index (χ3v) is 3.27. The monoisotopic (exact) mass is 272 g/mol. The molecule has 0 unspecified atom stereocenters. The van der Waals surface area contributed by atoms with Crippen molar-refractivity contribution in [3.63, 3.8) is 0 Å². The first kappa shape index (κ1) is 13.9. The minimum absolute atomic E-state index is 0.352. The van der Waals surface area contributed by atoms with E-state index < -0.39 is 23.3 Å². The van der Waals surface area contributed by atoms with Crippen molar-refractivity contribution < 1.29 is 18.0 Å². The third-order valence-electron chi connectivity index (χ3n) is 3.27. The van der Waals surface area contributed by atoms with Crippen LogP contribution in [0.25, 0.3) is 0 Å². The molecule has 1 saturated carbocycles. The Balaban J connectivity index is 2.25. The Morgan fingerprint density at radius 2 is 2.05 bits per heavy atom.